The van der Waals surface area contributed by atoms with Gasteiger partial charge in [0.15, 0.2) is 5.69 Å². The zero-order chi connectivity index (χ0) is 26.8. The number of nitrogens with one attached hydrogen (secondary N) is 2. The second-order valence-electron chi connectivity index (χ2n) is 9.69. The van der Waals surface area contributed by atoms with Gasteiger partial charge in [0.1, 0.15) is 6.21 Å². The molecule has 0 fully saturated rings. The number of hydrogen-bond acceptors (Lipinski definition) is 4. The Morgan fingerprint density at radius 1 is 1.22 bits per heavy atom. The fourth-order valence-corrected chi connectivity index (χ4v) is 3.71. The Labute approximate surface area is 217 Å². The zero-order valence-corrected chi connectivity index (χ0v) is 23.5. The molecule has 4 rings (SSSR count). The van der Waals surface area contributed by atoms with Crippen molar-refractivity contribution in [3.8, 4) is 0 Å². The van der Waals surface area contributed by atoms with Gasteiger partial charge in [-0.25, -0.2) is 9.56 Å². The highest BCUT2D eigenvalue weighted by Crippen LogP contribution is 2.26. The van der Waals surface area contributed by atoms with Crippen molar-refractivity contribution in [2.75, 3.05) is 17.7 Å². The number of anilines is 2. The van der Waals surface area contributed by atoms with Crippen LogP contribution in [0.15, 0.2) is 53.8 Å². The number of benzene rings is 1. The van der Waals surface area contributed by atoms with Crippen LogP contribution < -0.4 is 10.6 Å². The van der Waals surface area contributed by atoms with Crippen molar-refractivity contribution in [3.63, 3.8) is 0 Å². The molecule has 0 saturated heterocycles. The number of amides is 1. The fourth-order valence-electron chi connectivity index (χ4n) is 3.71. The highest BCUT2D eigenvalue weighted by atomic mass is 16.1. The van der Waals surface area contributed by atoms with Crippen LogP contribution in [0.2, 0.25) is 0 Å². The Morgan fingerprint density at radius 2 is 1.92 bits per heavy atom. The van der Waals surface area contributed by atoms with E-state index in [2.05, 4.69) is 61.3 Å². The lowest BCUT2D eigenvalue weighted by atomic mass is 9.91. The minimum atomic E-state index is -0.0593. The molecule has 2 aliphatic rings. The monoisotopic (exact) mass is 490 g/mol. The number of nitrogens with zero attached hydrogens (tertiary/aromatic N) is 3. The van der Waals surface area contributed by atoms with E-state index in [1.807, 2.05) is 69.0 Å². The molecule has 0 saturated carbocycles. The van der Waals surface area contributed by atoms with E-state index in [1.54, 1.807) is 6.20 Å². The normalized spacial score (nSPS) is 16.4. The lowest BCUT2D eigenvalue weighted by Crippen LogP contribution is -2.19. The van der Waals surface area contributed by atoms with Gasteiger partial charge in [0.05, 0.1) is 19.3 Å². The van der Waals surface area contributed by atoms with E-state index in [4.69, 9.17) is 0 Å². The predicted molar refractivity (Wildman–Crippen MR) is 152 cm³/mol. The molecule has 2 N–H and O–H groups in total. The maximum atomic E-state index is 12.7. The highest BCUT2D eigenvalue weighted by Gasteiger charge is 2.26. The molecular weight excluding hydrogens is 446 g/mol. The molecule has 2 unspecified atom stereocenters. The molecule has 194 valence electrons. The largest absolute Gasteiger partial charge is 0.355 e. The minimum Gasteiger partial charge on any atom is -0.342 e. The van der Waals surface area contributed by atoms with Gasteiger partial charge in [-0.3, -0.25) is 4.79 Å². The lowest BCUT2D eigenvalue weighted by Gasteiger charge is -2.18. The van der Waals surface area contributed by atoms with Crippen molar-refractivity contribution < 1.29 is 9.37 Å². The molecular formula is C30H44N5O+. The minimum absolute atomic E-state index is 0.0185. The molecule has 6 heteroatoms. The van der Waals surface area contributed by atoms with Gasteiger partial charge in [-0.05, 0) is 54.8 Å². The van der Waals surface area contributed by atoms with Gasteiger partial charge in [-0.1, -0.05) is 77.8 Å². The molecule has 1 amide bonds. The molecule has 1 aliphatic heterocycles. The number of allylic oxidation sites excluding steroid dienone is 2. The Bertz CT molecular complexity index is 1130. The molecule has 2 atom stereocenters. The van der Waals surface area contributed by atoms with E-state index < -0.39 is 0 Å². The van der Waals surface area contributed by atoms with E-state index in [0.29, 0.717) is 5.92 Å². The van der Waals surface area contributed by atoms with Crippen molar-refractivity contribution >= 4 is 29.4 Å². The average Bonchev–Trinajstić information content (AvgIpc) is 2.86. The van der Waals surface area contributed by atoms with Gasteiger partial charge in [0.2, 0.25) is 0 Å². The zero-order valence-electron chi connectivity index (χ0n) is 23.5. The quantitative estimate of drug-likeness (QED) is 0.417. The molecule has 2 heterocycles. The molecule has 36 heavy (non-hydrogen) atoms. The number of carbonyl (C=O) groups excluding carboxylic acids is 1. The van der Waals surface area contributed by atoms with Crippen LogP contribution in [0.3, 0.4) is 0 Å². The molecule has 0 bridgehead atoms. The Balaban J connectivity index is 0.000000583. The summed E-state index contributed by atoms with van der Waals surface area (Å²) in [6.45, 7) is 16.9. The Hall–Kier alpha value is -3.28. The smallest absolute Gasteiger partial charge is 0.342 e. The summed E-state index contributed by atoms with van der Waals surface area (Å²) in [6, 6.07) is 7.92. The standard InChI is InChI=1S/C23H25N5O.C5H12.C2H6/c1-14-8-9-19(15(2)10-14)23(29)26-18-7-5-6-17(11-18)16(3)25-21-12-24-20-13-28(4)22(20)27-21;1-4-5(2)3;1-2/h5-9,11-14,16H,10H2,1-4H3,(H,26,29);5H,4H2,1-3H3;1-2H3/p+1. The van der Waals surface area contributed by atoms with E-state index >= 15 is 0 Å². The van der Waals surface area contributed by atoms with Gasteiger partial charge >= 0.3 is 5.82 Å². The van der Waals surface area contributed by atoms with Crippen molar-refractivity contribution in [2.45, 2.75) is 74.3 Å². The maximum Gasteiger partial charge on any atom is 0.355 e. The summed E-state index contributed by atoms with van der Waals surface area (Å²) < 4.78 is 1.95. The summed E-state index contributed by atoms with van der Waals surface area (Å²) in [7, 11) is 1.95. The first-order valence-electron chi connectivity index (χ1n) is 13.2. The summed E-state index contributed by atoms with van der Waals surface area (Å²) in [5.74, 6) is 2.91. The number of hydrogen-bond donors (Lipinski definition) is 2. The Kier molecular flexibility index (Phi) is 11.0. The van der Waals surface area contributed by atoms with Crippen molar-refractivity contribution in [2.24, 2.45) is 11.8 Å². The molecule has 0 spiro atoms. The third-order valence-electron chi connectivity index (χ3n) is 6.18. The van der Waals surface area contributed by atoms with Crippen LogP contribution in [-0.2, 0) is 4.79 Å². The highest BCUT2D eigenvalue weighted by molar-refractivity contribution is 6.06. The molecule has 1 aromatic heterocycles. The van der Waals surface area contributed by atoms with Crippen molar-refractivity contribution in [3.05, 3.63) is 65.0 Å². The summed E-state index contributed by atoms with van der Waals surface area (Å²) in [5.41, 5.74) is 4.64. The molecule has 2 aromatic rings. The molecule has 0 radical (unpaired) electrons. The second-order valence-corrected chi connectivity index (χ2v) is 9.69. The topological polar surface area (TPSA) is 69.9 Å². The van der Waals surface area contributed by atoms with Crippen molar-refractivity contribution in [1.29, 1.82) is 0 Å². The van der Waals surface area contributed by atoms with Crippen LogP contribution in [0.1, 0.15) is 85.5 Å². The molecule has 1 aliphatic carbocycles. The first-order chi connectivity index (χ1) is 17.2. The first-order valence-corrected chi connectivity index (χ1v) is 13.2. The molecule has 6 nitrogen and oxygen atoms in total. The van der Waals surface area contributed by atoms with Crippen LogP contribution in [0.4, 0.5) is 17.3 Å². The Morgan fingerprint density at radius 3 is 2.53 bits per heavy atom. The van der Waals surface area contributed by atoms with Crippen LogP contribution in [0, 0.1) is 11.8 Å². The van der Waals surface area contributed by atoms with Crippen molar-refractivity contribution in [1.82, 2.24) is 9.97 Å². The van der Waals surface area contributed by atoms with E-state index in [9.17, 15) is 4.79 Å². The van der Waals surface area contributed by atoms with E-state index in [-0.39, 0.29) is 11.9 Å². The fraction of sp³-hybridized carbons (Fsp3) is 0.467. The van der Waals surface area contributed by atoms with Gasteiger partial charge in [0, 0.05) is 11.3 Å². The summed E-state index contributed by atoms with van der Waals surface area (Å²) in [4.78, 5) is 21.7. The SMILES string of the molecule is CC.CC1=C(C(=O)Nc2cccc(C(C)Nc3cnc4c(n3)[N+](C)=C4)c2)C=CC(C)C1.CCC(C)C. The lowest BCUT2D eigenvalue weighted by molar-refractivity contribution is -0.416. The van der Waals surface area contributed by atoms with Crippen LogP contribution in [0.5, 0.6) is 0 Å². The van der Waals surface area contributed by atoms with Crippen LogP contribution >= 0.6 is 0 Å². The number of aromatic nitrogens is 2. The summed E-state index contributed by atoms with van der Waals surface area (Å²) in [6.07, 6.45) is 9.95. The number of rotatable bonds is 6. The van der Waals surface area contributed by atoms with Gasteiger partial charge in [-0.2, -0.15) is 0 Å². The average molecular weight is 491 g/mol. The number of fused-ring (bicyclic) bond motifs is 1. The number of carbonyl (C=O) groups is 1. The first kappa shape index (κ1) is 29.0. The van der Waals surface area contributed by atoms with Crippen LogP contribution in [0.25, 0.3) is 0 Å². The second kappa shape index (κ2) is 13.7. The van der Waals surface area contributed by atoms with Gasteiger partial charge < -0.3 is 10.6 Å². The van der Waals surface area contributed by atoms with Crippen LogP contribution in [-0.4, -0.2) is 33.7 Å². The molecule has 1 aromatic carbocycles. The van der Waals surface area contributed by atoms with E-state index in [0.717, 1.165) is 52.1 Å². The third kappa shape index (κ3) is 7.87. The summed E-state index contributed by atoms with van der Waals surface area (Å²) >= 11 is 0. The van der Waals surface area contributed by atoms with Gasteiger partial charge in [0.25, 0.3) is 11.7 Å². The predicted octanol–water partition coefficient (Wildman–Crippen LogP) is 7.29. The maximum absolute atomic E-state index is 12.7. The summed E-state index contributed by atoms with van der Waals surface area (Å²) in [5, 5.41) is 6.42. The third-order valence-corrected chi connectivity index (χ3v) is 6.18. The van der Waals surface area contributed by atoms with Gasteiger partial charge in [-0.15, -0.1) is 0 Å². The van der Waals surface area contributed by atoms with E-state index in [1.165, 1.54) is 6.42 Å².